The number of nitrogens with two attached hydrogens (primary N) is 1. The minimum Gasteiger partial charge on any atom is -0.390 e. The van der Waals surface area contributed by atoms with Crippen molar-refractivity contribution in [2.24, 2.45) is 11.1 Å². The van der Waals surface area contributed by atoms with Crippen LogP contribution < -0.4 is 10.6 Å². The molecule has 0 unspecified atom stereocenters. The number of rotatable bonds is 7. The lowest BCUT2D eigenvalue weighted by Crippen LogP contribution is -2.40. The molecule has 0 bridgehead atoms. The lowest BCUT2D eigenvalue weighted by molar-refractivity contribution is 0.0509. The summed E-state index contributed by atoms with van der Waals surface area (Å²) in [5.74, 6) is -2.38. The summed E-state index contributed by atoms with van der Waals surface area (Å²) in [7, 11) is 0. The van der Waals surface area contributed by atoms with Gasteiger partial charge in [0.2, 0.25) is 0 Å². The molecule has 0 aliphatic carbocycles. The van der Waals surface area contributed by atoms with Gasteiger partial charge in [0.05, 0.1) is 22.4 Å². The third-order valence-electron chi connectivity index (χ3n) is 6.51. The molecule has 39 heavy (non-hydrogen) atoms. The first kappa shape index (κ1) is 27.8. The summed E-state index contributed by atoms with van der Waals surface area (Å²) in [4.78, 5) is 34.9. The molecule has 2 aromatic carbocycles. The van der Waals surface area contributed by atoms with E-state index < -0.39 is 23.2 Å². The van der Waals surface area contributed by atoms with Crippen molar-refractivity contribution in [2.75, 3.05) is 18.0 Å². The second kappa shape index (κ2) is 11.2. The molecular weight excluding hydrogens is 508 g/mol. The predicted octanol–water partition coefficient (Wildman–Crippen LogP) is 4.64. The zero-order valence-electron chi connectivity index (χ0n) is 21.4. The van der Waals surface area contributed by atoms with Crippen LogP contribution in [0.25, 0.3) is 22.4 Å². The molecule has 2 heterocycles. The summed E-state index contributed by atoms with van der Waals surface area (Å²) in [5.41, 5.74) is 5.14. The Hall–Kier alpha value is -4.27. The molecule has 0 radical (unpaired) electrons. The van der Waals surface area contributed by atoms with Crippen molar-refractivity contribution in [3.63, 3.8) is 0 Å². The Balaban J connectivity index is 1.99. The van der Waals surface area contributed by atoms with Crippen LogP contribution in [0.5, 0.6) is 0 Å². The number of benzene rings is 2. The fraction of sp³-hybridized carbons (Fsp3) is 0.321. The average molecular weight is 536 g/mol. The number of hydrogen-bond acceptors (Lipinski definition) is 9. The molecule has 0 spiro atoms. The van der Waals surface area contributed by atoms with Gasteiger partial charge in [0.15, 0.2) is 5.34 Å². The Labute approximate surface area is 223 Å². The summed E-state index contributed by atoms with van der Waals surface area (Å²) >= 11 is 0. The predicted molar refractivity (Wildman–Crippen MR) is 140 cm³/mol. The van der Waals surface area contributed by atoms with Crippen molar-refractivity contribution >= 4 is 11.8 Å². The van der Waals surface area contributed by atoms with E-state index in [-0.39, 0.29) is 46.0 Å². The van der Waals surface area contributed by atoms with Gasteiger partial charge in [0.1, 0.15) is 23.5 Å². The van der Waals surface area contributed by atoms with Gasteiger partial charge in [-0.25, -0.2) is 18.6 Å². The number of anilines is 1. The van der Waals surface area contributed by atoms with Gasteiger partial charge in [-0.2, -0.15) is 5.26 Å². The summed E-state index contributed by atoms with van der Waals surface area (Å²) < 4.78 is 30.4. The average Bonchev–Trinajstić information content (AvgIpc) is 2.88. The van der Waals surface area contributed by atoms with E-state index in [1.165, 1.54) is 30.3 Å². The van der Waals surface area contributed by atoms with Crippen LogP contribution in [0.4, 0.5) is 14.6 Å². The lowest BCUT2D eigenvalue weighted by Gasteiger charge is -2.32. The number of carbonyl (C=O) groups excluding carboxylic acids is 1. The highest BCUT2D eigenvalue weighted by Crippen LogP contribution is 2.39. The quantitative estimate of drug-likeness (QED) is 0.329. The maximum absolute atomic E-state index is 15.6. The van der Waals surface area contributed by atoms with Crippen molar-refractivity contribution in [1.29, 1.82) is 5.26 Å². The SMILES string of the molecule is CC(C)(O)Cc1ccc(-c2c(C(=O)ON=O)cc(N3CCC(N)CC3)nc2-c2ccc(C#N)c(F)c2)c(F)c1. The Bertz CT molecular complexity index is 1460. The van der Waals surface area contributed by atoms with Gasteiger partial charge in [-0.3, -0.25) is 4.84 Å². The maximum atomic E-state index is 15.6. The number of nitrogens with zero attached hydrogens (tertiary/aromatic N) is 4. The van der Waals surface area contributed by atoms with Crippen molar-refractivity contribution in [1.82, 2.24) is 4.98 Å². The van der Waals surface area contributed by atoms with Crippen molar-refractivity contribution in [3.8, 4) is 28.5 Å². The Morgan fingerprint density at radius 2 is 1.92 bits per heavy atom. The second-order valence-corrected chi connectivity index (χ2v) is 10.1. The molecule has 0 atom stereocenters. The zero-order valence-corrected chi connectivity index (χ0v) is 21.4. The van der Waals surface area contributed by atoms with Crippen LogP contribution in [0.1, 0.15) is 48.2 Å². The molecule has 0 amide bonds. The van der Waals surface area contributed by atoms with Crippen LogP contribution in [-0.4, -0.2) is 40.8 Å². The minimum absolute atomic E-state index is 0.00724. The summed E-state index contributed by atoms with van der Waals surface area (Å²) in [6.07, 6.45) is 1.49. The van der Waals surface area contributed by atoms with Crippen molar-refractivity contribution < 1.29 is 23.5 Å². The molecule has 3 aromatic rings. The number of nitriles is 1. The van der Waals surface area contributed by atoms with Gasteiger partial charge in [0, 0.05) is 42.2 Å². The van der Waals surface area contributed by atoms with Crippen molar-refractivity contribution in [3.05, 3.63) is 75.7 Å². The number of pyridine rings is 1. The lowest BCUT2D eigenvalue weighted by atomic mass is 9.91. The smallest absolute Gasteiger partial charge is 0.370 e. The first-order valence-electron chi connectivity index (χ1n) is 12.3. The molecule has 1 saturated heterocycles. The monoisotopic (exact) mass is 535 g/mol. The van der Waals surface area contributed by atoms with Crippen LogP contribution in [-0.2, 0) is 11.3 Å². The molecule has 9 nitrogen and oxygen atoms in total. The standard InChI is InChI=1S/C28H27F2N5O4/c1-28(2,37)14-16-3-6-20(23(30)11-16)25-21(27(36)39-34-38)13-24(35-9-7-19(32)8-10-35)33-26(25)17-4-5-18(15-31)22(29)12-17/h3-6,11-13,19,37H,7-10,14,32H2,1-2H3. The highest BCUT2D eigenvalue weighted by Gasteiger charge is 2.28. The highest BCUT2D eigenvalue weighted by molar-refractivity contribution is 6.02. The molecule has 202 valence electrons. The first-order valence-corrected chi connectivity index (χ1v) is 12.3. The van der Waals surface area contributed by atoms with E-state index in [2.05, 4.69) is 10.2 Å². The van der Waals surface area contributed by atoms with E-state index in [0.717, 1.165) is 6.07 Å². The Morgan fingerprint density at radius 3 is 2.51 bits per heavy atom. The molecule has 1 aliphatic heterocycles. The molecule has 11 heteroatoms. The van der Waals surface area contributed by atoms with Crippen LogP contribution in [0.15, 0.2) is 47.8 Å². The van der Waals surface area contributed by atoms with Crippen LogP contribution >= 0.6 is 0 Å². The van der Waals surface area contributed by atoms with Crippen LogP contribution in [0, 0.1) is 27.9 Å². The molecule has 1 aromatic heterocycles. The van der Waals surface area contributed by atoms with Gasteiger partial charge < -0.3 is 15.7 Å². The van der Waals surface area contributed by atoms with E-state index in [0.29, 0.717) is 37.3 Å². The fourth-order valence-corrected chi connectivity index (χ4v) is 4.67. The molecule has 0 saturated carbocycles. The minimum atomic E-state index is -1.15. The number of piperidine rings is 1. The van der Waals surface area contributed by atoms with E-state index in [9.17, 15) is 24.5 Å². The normalized spacial score (nSPS) is 14.1. The van der Waals surface area contributed by atoms with Gasteiger partial charge in [-0.1, -0.05) is 18.2 Å². The maximum Gasteiger partial charge on any atom is 0.370 e. The van der Waals surface area contributed by atoms with Crippen LogP contribution in [0.2, 0.25) is 0 Å². The molecular formula is C28H27F2N5O4. The number of aliphatic hydroxyl groups is 1. The number of aromatic nitrogens is 1. The third kappa shape index (κ3) is 6.25. The molecule has 1 aliphatic rings. The number of carbonyl (C=O) groups is 1. The summed E-state index contributed by atoms with van der Waals surface area (Å²) in [6.45, 7) is 4.23. The Kier molecular flexibility index (Phi) is 7.99. The molecule has 1 fully saturated rings. The van der Waals surface area contributed by atoms with E-state index in [4.69, 9.17) is 10.7 Å². The number of hydrogen-bond donors (Lipinski definition) is 2. The summed E-state index contributed by atoms with van der Waals surface area (Å²) in [5, 5.41) is 21.6. The van der Waals surface area contributed by atoms with E-state index >= 15 is 4.39 Å². The van der Waals surface area contributed by atoms with Gasteiger partial charge in [-0.15, -0.1) is 4.91 Å². The molecule has 4 rings (SSSR count). The van der Waals surface area contributed by atoms with Gasteiger partial charge >= 0.3 is 5.97 Å². The topological polar surface area (TPSA) is 142 Å². The largest absolute Gasteiger partial charge is 0.390 e. The summed E-state index contributed by atoms with van der Waals surface area (Å²) in [6, 6.07) is 11.2. The molecule has 3 N–H and O–H groups in total. The van der Waals surface area contributed by atoms with Crippen LogP contribution in [0.3, 0.4) is 0 Å². The first-order chi connectivity index (χ1) is 18.5. The van der Waals surface area contributed by atoms with E-state index in [1.54, 1.807) is 26.0 Å². The van der Waals surface area contributed by atoms with Crippen molar-refractivity contribution in [2.45, 2.75) is 44.8 Å². The highest BCUT2D eigenvalue weighted by atomic mass is 19.1. The van der Waals surface area contributed by atoms with Gasteiger partial charge in [-0.05, 0) is 56.5 Å². The Morgan fingerprint density at radius 1 is 1.21 bits per heavy atom. The number of halogens is 2. The zero-order chi connectivity index (χ0) is 28.3. The third-order valence-corrected chi connectivity index (χ3v) is 6.51. The fourth-order valence-electron chi connectivity index (χ4n) is 4.67. The second-order valence-electron chi connectivity index (χ2n) is 10.1. The van der Waals surface area contributed by atoms with E-state index in [1.807, 2.05) is 4.90 Å². The van der Waals surface area contributed by atoms with Gasteiger partial charge in [0.25, 0.3) is 0 Å².